The monoisotopic (exact) mass is 463 g/mol. The van der Waals surface area contributed by atoms with E-state index in [1.54, 1.807) is 0 Å². The number of carbonyl (C=O) groups is 1. The number of imidazole rings is 1. The van der Waals surface area contributed by atoms with Gasteiger partial charge in [0, 0.05) is 19.0 Å². The van der Waals surface area contributed by atoms with E-state index in [-0.39, 0.29) is 24.1 Å². The number of carbonyl (C=O) groups excluding carboxylic acids is 1. The quantitative estimate of drug-likeness (QED) is 0.536. The van der Waals surface area contributed by atoms with E-state index in [1.165, 1.54) is 5.56 Å². The van der Waals surface area contributed by atoms with Crippen molar-refractivity contribution in [2.24, 2.45) is 5.92 Å². The number of aromatic amines is 1. The van der Waals surface area contributed by atoms with E-state index in [4.69, 9.17) is 9.47 Å². The van der Waals surface area contributed by atoms with Crippen molar-refractivity contribution in [2.45, 2.75) is 37.8 Å². The molecular weight excluding hydrogens is 434 g/mol. The number of amides is 1. The van der Waals surface area contributed by atoms with E-state index in [0.29, 0.717) is 5.92 Å². The molecule has 1 aromatic heterocycles. The summed E-state index contributed by atoms with van der Waals surface area (Å²) < 4.78 is 11.4. The summed E-state index contributed by atoms with van der Waals surface area (Å²) >= 11 is 1.83. The fraction of sp³-hybridized carbons (Fsp3) is 0.385. The predicted molar refractivity (Wildman–Crippen MR) is 130 cm³/mol. The number of thioether (sulfide) groups is 1. The van der Waals surface area contributed by atoms with Gasteiger partial charge in [0.05, 0.1) is 17.3 Å². The van der Waals surface area contributed by atoms with Gasteiger partial charge in [0.1, 0.15) is 18.5 Å². The highest BCUT2D eigenvalue weighted by atomic mass is 32.2. The minimum Gasteiger partial charge on any atom is -0.445 e. The molecule has 2 saturated heterocycles. The van der Waals surface area contributed by atoms with Gasteiger partial charge in [-0.2, -0.15) is 0 Å². The summed E-state index contributed by atoms with van der Waals surface area (Å²) in [5.74, 6) is 2.00. The van der Waals surface area contributed by atoms with Crippen LogP contribution in [0.3, 0.4) is 0 Å². The van der Waals surface area contributed by atoms with E-state index in [0.717, 1.165) is 54.5 Å². The average molecular weight is 464 g/mol. The van der Waals surface area contributed by atoms with Crippen LogP contribution in [-0.2, 0) is 16.1 Å². The summed E-state index contributed by atoms with van der Waals surface area (Å²) in [5, 5.41) is 0.0649. The van der Waals surface area contributed by atoms with Crippen molar-refractivity contribution in [1.82, 2.24) is 14.9 Å². The number of nitrogens with zero attached hydrogens (tertiary/aromatic N) is 2. The molecule has 2 aliphatic heterocycles. The molecule has 3 heterocycles. The molecule has 0 spiro atoms. The molecule has 1 N–H and O–H groups in total. The van der Waals surface area contributed by atoms with Crippen LogP contribution < -0.4 is 0 Å². The van der Waals surface area contributed by atoms with E-state index in [9.17, 15) is 4.79 Å². The molecule has 2 fully saturated rings. The molecule has 0 radical (unpaired) electrons. The Morgan fingerprint density at radius 1 is 1.15 bits per heavy atom. The van der Waals surface area contributed by atoms with Crippen LogP contribution in [0.15, 0.2) is 60.8 Å². The van der Waals surface area contributed by atoms with Gasteiger partial charge in [0.2, 0.25) is 0 Å². The van der Waals surface area contributed by atoms with Gasteiger partial charge >= 0.3 is 6.09 Å². The molecule has 2 aromatic carbocycles. The first kappa shape index (κ1) is 22.0. The molecule has 0 aliphatic carbocycles. The summed E-state index contributed by atoms with van der Waals surface area (Å²) in [4.78, 5) is 23.5. The Balaban J connectivity index is 1.38. The van der Waals surface area contributed by atoms with Gasteiger partial charge < -0.3 is 14.5 Å². The fourth-order valence-electron chi connectivity index (χ4n) is 4.51. The number of hydrogen-bond acceptors (Lipinski definition) is 5. The molecule has 0 bridgehead atoms. The lowest BCUT2D eigenvalue weighted by molar-refractivity contribution is 0.0329. The number of aryl methyl sites for hydroxylation is 1. The van der Waals surface area contributed by atoms with Gasteiger partial charge in [-0.05, 0) is 36.8 Å². The third-order valence-corrected chi connectivity index (χ3v) is 7.86. The highest BCUT2D eigenvalue weighted by molar-refractivity contribution is 8.00. The van der Waals surface area contributed by atoms with Crippen molar-refractivity contribution in [1.29, 1.82) is 0 Å². The second-order valence-corrected chi connectivity index (χ2v) is 9.83. The number of ether oxygens (including phenoxy) is 2. The van der Waals surface area contributed by atoms with Crippen molar-refractivity contribution in [3.63, 3.8) is 0 Å². The summed E-state index contributed by atoms with van der Waals surface area (Å²) in [5.41, 5.74) is 4.25. The molecule has 2 aliphatic rings. The standard InChI is InChI=1S/C26H29N3O3S/c1-18-7-9-20(10-8-18)22-15-27-24(28-22)23-17-33-25(21-11-13-31-14-12-21)29(23)26(30)32-16-19-5-3-2-4-6-19/h2-10,15,21,23,25H,11-14,16-17H2,1H3,(H,27,28)/t23-,25?/m0/s1. The SMILES string of the molecule is Cc1ccc(-c2cnc([C@@H]3CSC(C4CCOCC4)N3C(=O)OCc3ccccc3)[nH]2)cc1. The van der Waals surface area contributed by atoms with Gasteiger partial charge in [-0.15, -0.1) is 11.8 Å². The van der Waals surface area contributed by atoms with Gasteiger partial charge in [0.15, 0.2) is 0 Å². The zero-order chi connectivity index (χ0) is 22.6. The maximum Gasteiger partial charge on any atom is 0.411 e. The molecule has 7 heteroatoms. The van der Waals surface area contributed by atoms with Crippen molar-refractivity contribution in [3.8, 4) is 11.3 Å². The number of aromatic nitrogens is 2. The smallest absolute Gasteiger partial charge is 0.411 e. The first-order valence-corrected chi connectivity index (χ1v) is 12.5. The zero-order valence-corrected chi connectivity index (χ0v) is 19.6. The van der Waals surface area contributed by atoms with E-state index in [1.807, 2.05) is 53.2 Å². The molecular formula is C26H29N3O3S. The Morgan fingerprint density at radius 3 is 2.67 bits per heavy atom. The van der Waals surface area contributed by atoms with Crippen LogP contribution in [0.2, 0.25) is 0 Å². The summed E-state index contributed by atoms with van der Waals surface area (Å²) in [6, 6.07) is 18.0. The molecule has 5 rings (SSSR count). The Bertz CT molecular complexity index is 1060. The van der Waals surface area contributed by atoms with Crippen molar-refractivity contribution >= 4 is 17.9 Å². The molecule has 0 saturated carbocycles. The van der Waals surface area contributed by atoms with Crippen molar-refractivity contribution < 1.29 is 14.3 Å². The lowest BCUT2D eigenvalue weighted by atomic mass is 9.99. The van der Waals surface area contributed by atoms with Crippen molar-refractivity contribution in [2.75, 3.05) is 19.0 Å². The molecule has 172 valence electrons. The minimum atomic E-state index is -0.279. The van der Waals surface area contributed by atoms with Crippen LogP contribution in [0.25, 0.3) is 11.3 Å². The number of H-pyrrole nitrogens is 1. The lowest BCUT2D eigenvalue weighted by Gasteiger charge is -2.34. The second kappa shape index (κ2) is 10.0. The Morgan fingerprint density at radius 2 is 1.91 bits per heavy atom. The molecule has 6 nitrogen and oxygen atoms in total. The van der Waals surface area contributed by atoms with Crippen LogP contribution in [0.5, 0.6) is 0 Å². The highest BCUT2D eigenvalue weighted by Crippen LogP contribution is 2.44. The van der Waals surface area contributed by atoms with Crippen LogP contribution in [0, 0.1) is 12.8 Å². The second-order valence-electron chi connectivity index (χ2n) is 8.69. The van der Waals surface area contributed by atoms with Crippen LogP contribution in [0.4, 0.5) is 4.79 Å². The van der Waals surface area contributed by atoms with Gasteiger partial charge in [0.25, 0.3) is 0 Å². The van der Waals surface area contributed by atoms with Crippen LogP contribution in [-0.4, -0.2) is 45.3 Å². The number of rotatable bonds is 5. The third kappa shape index (κ3) is 4.94. The first-order chi connectivity index (χ1) is 16.2. The van der Waals surface area contributed by atoms with E-state index >= 15 is 0 Å². The highest BCUT2D eigenvalue weighted by Gasteiger charge is 2.44. The Labute approximate surface area is 198 Å². The van der Waals surface area contributed by atoms with Gasteiger partial charge in [-0.25, -0.2) is 9.78 Å². The van der Waals surface area contributed by atoms with E-state index in [2.05, 4.69) is 41.2 Å². The third-order valence-electron chi connectivity index (χ3n) is 6.39. The largest absolute Gasteiger partial charge is 0.445 e. The van der Waals surface area contributed by atoms with Crippen LogP contribution in [0.1, 0.15) is 35.8 Å². The van der Waals surface area contributed by atoms with Crippen molar-refractivity contribution in [3.05, 3.63) is 77.7 Å². The normalized spacial score (nSPS) is 21.3. The van der Waals surface area contributed by atoms with Crippen LogP contribution >= 0.6 is 11.8 Å². The summed E-state index contributed by atoms with van der Waals surface area (Å²) in [7, 11) is 0. The molecule has 2 atom stereocenters. The maximum atomic E-state index is 13.4. The van der Waals surface area contributed by atoms with E-state index < -0.39 is 0 Å². The molecule has 33 heavy (non-hydrogen) atoms. The number of hydrogen-bond donors (Lipinski definition) is 1. The Hall–Kier alpha value is -2.77. The number of benzene rings is 2. The zero-order valence-electron chi connectivity index (χ0n) is 18.8. The van der Waals surface area contributed by atoms with Gasteiger partial charge in [-0.3, -0.25) is 4.90 Å². The minimum absolute atomic E-state index is 0.0649. The maximum absolute atomic E-state index is 13.4. The fourth-order valence-corrected chi connectivity index (χ4v) is 6.15. The summed E-state index contributed by atoms with van der Waals surface area (Å²) in [6.45, 7) is 3.84. The molecule has 1 amide bonds. The first-order valence-electron chi connectivity index (χ1n) is 11.5. The molecule has 3 aromatic rings. The topological polar surface area (TPSA) is 67.4 Å². The average Bonchev–Trinajstić information content (AvgIpc) is 3.52. The summed E-state index contributed by atoms with van der Waals surface area (Å²) in [6.07, 6.45) is 3.50. The Kier molecular flexibility index (Phi) is 6.69. The predicted octanol–water partition coefficient (Wildman–Crippen LogP) is 5.56. The lowest BCUT2D eigenvalue weighted by Crippen LogP contribution is -2.42. The number of nitrogens with one attached hydrogen (secondary N) is 1. The molecule has 1 unspecified atom stereocenters. The van der Waals surface area contributed by atoms with Gasteiger partial charge in [-0.1, -0.05) is 60.2 Å².